The number of nitrogens with zero attached hydrogens (tertiary/aromatic N) is 2. The number of H-pyrrole nitrogens is 1. The largest absolute Gasteiger partial charge is 0.449 e. The zero-order chi connectivity index (χ0) is 12.3. The van der Waals surface area contributed by atoms with Gasteiger partial charge in [-0.3, -0.25) is 4.90 Å². The van der Waals surface area contributed by atoms with Crippen LogP contribution in [-0.4, -0.2) is 34.1 Å². The minimum absolute atomic E-state index is 0.0460. The van der Waals surface area contributed by atoms with Crippen LogP contribution in [0.1, 0.15) is 38.6 Å². The summed E-state index contributed by atoms with van der Waals surface area (Å²) >= 11 is 0. The van der Waals surface area contributed by atoms with E-state index in [-0.39, 0.29) is 12.1 Å². The van der Waals surface area contributed by atoms with E-state index in [0.29, 0.717) is 12.5 Å². The summed E-state index contributed by atoms with van der Waals surface area (Å²) in [5, 5.41) is 0. The molecule has 0 bridgehead atoms. The molecule has 1 N–H and O–H groups in total. The number of rotatable bonds is 3. The van der Waals surface area contributed by atoms with Gasteiger partial charge in [-0.1, -0.05) is 13.8 Å². The highest BCUT2D eigenvalue weighted by Crippen LogP contribution is 2.30. The highest BCUT2D eigenvalue weighted by molar-refractivity contribution is 5.68. The average molecular weight is 237 g/mol. The first kappa shape index (κ1) is 12.0. The number of carbonyl (C=O) groups excluding carboxylic acids is 1. The van der Waals surface area contributed by atoms with Gasteiger partial charge in [-0.2, -0.15) is 0 Å². The van der Waals surface area contributed by atoms with Crippen LogP contribution in [0.4, 0.5) is 4.79 Å². The molecule has 1 aliphatic rings. The molecule has 1 amide bonds. The fourth-order valence-corrected chi connectivity index (χ4v) is 2.05. The van der Waals surface area contributed by atoms with E-state index in [1.165, 1.54) is 0 Å². The predicted molar refractivity (Wildman–Crippen MR) is 63.5 cm³/mol. The predicted octanol–water partition coefficient (Wildman–Crippen LogP) is 2.34. The summed E-state index contributed by atoms with van der Waals surface area (Å²) in [6.07, 6.45) is 5.22. The van der Waals surface area contributed by atoms with Gasteiger partial charge >= 0.3 is 6.09 Å². The molecule has 1 aromatic rings. The number of ether oxygens (including phenoxy) is 1. The molecular formula is C12H19N3O2. The Balaban J connectivity index is 1.97. The van der Waals surface area contributed by atoms with E-state index in [4.69, 9.17) is 4.74 Å². The minimum Gasteiger partial charge on any atom is -0.449 e. The Kier molecular flexibility index (Phi) is 3.66. The smallest absolute Gasteiger partial charge is 0.410 e. The third kappa shape index (κ3) is 2.78. The summed E-state index contributed by atoms with van der Waals surface area (Å²) in [4.78, 5) is 21.0. The number of hydrogen-bond donors (Lipinski definition) is 1. The lowest BCUT2D eigenvalue weighted by atomic mass is 10.2. The van der Waals surface area contributed by atoms with Crippen molar-refractivity contribution in [2.75, 3.05) is 13.2 Å². The number of amides is 1. The molecule has 0 spiro atoms. The van der Waals surface area contributed by atoms with E-state index in [2.05, 4.69) is 9.97 Å². The molecule has 1 aliphatic heterocycles. The molecule has 1 unspecified atom stereocenters. The molecular weight excluding hydrogens is 218 g/mol. The van der Waals surface area contributed by atoms with Crippen molar-refractivity contribution in [3.05, 3.63) is 18.2 Å². The fraction of sp³-hybridized carbons (Fsp3) is 0.667. The molecule has 17 heavy (non-hydrogen) atoms. The second-order valence-corrected chi connectivity index (χ2v) is 4.80. The van der Waals surface area contributed by atoms with Gasteiger partial charge in [-0.05, 0) is 18.8 Å². The van der Waals surface area contributed by atoms with Crippen molar-refractivity contribution in [2.24, 2.45) is 5.92 Å². The Bertz CT molecular complexity index is 362. The van der Waals surface area contributed by atoms with Crippen LogP contribution in [0.15, 0.2) is 12.4 Å². The van der Waals surface area contributed by atoms with Crippen LogP contribution in [0.2, 0.25) is 0 Å². The monoisotopic (exact) mass is 237 g/mol. The SMILES string of the molecule is CC(C)COC(=O)N1CCCC1c1ncc[nH]1. The molecule has 0 saturated carbocycles. The van der Waals surface area contributed by atoms with Gasteiger partial charge in [0.2, 0.25) is 0 Å². The molecule has 0 aliphatic carbocycles. The van der Waals surface area contributed by atoms with Crippen molar-refractivity contribution in [3.63, 3.8) is 0 Å². The Morgan fingerprint density at radius 2 is 2.53 bits per heavy atom. The van der Waals surface area contributed by atoms with Crippen LogP contribution in [0, 0.1) is 5.92 Å². The van der Waals surface area contributed by atoms with Crippen molar-refractivity contribution in [2.45, 2.75) is 32.7 Å². The maximum atomic E-state index is 11.9. The standard InChI is InChI=1S/C12H19N3O2/c1-9(2)8-17-12(16)15-7-3-4-10(15)11-13-5-6-14-11/h5-6,9-10H,3-4,7-8H2,1-2H3,(H,13,14). The van der Waals surface area contributed by atoms with Gasteiger partial charge in [0.15, 0.2) is 0 Å². The van der Waals surface area contributed by atoms with E-state index in [1.54, 1.807) is 17.3 Å². The maximum absolute atomic E-state index is 11.9. The fourth-order valence-electron chi connectivity index (χ4n) is 2.05. The third-order valence-corrected chi connectivity index (χ3v) is 2.86. The molecule has 5 nitrogen and oxygen atoms in total. The van der Waals surface area contributed by atoms with Crippen LogP contribution in [0.25, 0.3) is 0 Å². The van der Waals surface area contributed by atoms with Crippen LogP contribution in [-0.2, 0) is 4.74 Å². The number of imidazole rings is 1. The van der Waals surface area contributed by atoms with Gasteiger partial charge in [0.05, 0.1) is 12.6 Å². The summed E-state index contributed by atoms with van der Waals surface area (Å²) in [6.45, 7) is 5.28. The Morgan fingerprint density at radius 3 is 3.18 bits per heavy atom. The van der Waals surface area contributed by atoms with Crippen molar-refractivity contribution in [1.82, 2.24) is 14.9 Å². The molecule has 2 rings (SSSR count). The van der Waals surface area contributed by atoms with E-state index < -0.39 is 0 Å². The molecule has 0 aromatic carbocycles. The lowest BCUT2D eigenvalue weighted by molar-refractivity contribution is 0.0871. The van der Waals surface area contributed by atoms with Crippen LogP contribution >= 0.6 is 0 Å². The van der Waals surface area contributed by atoms with Gasteiger partial charge in [0.1, 0.15) is 5.82 Å². The van der Waals surface area contributed by atoms with E-state index in [0.717, 1.165) is 25.2 Å². The zero-order valence-electron chi connectivity index (χ0n) is 10.3. The topological polar surface area (TPSA) is 58.2 Å². The highest BCUT2D eigenvalue weighted by Gasteiger charge is 2.32. The van der Waals surface area contributed by atoms with Gasteiger partial charge in [0, 0.05) is 18.9 Å². The number of hydrogen-bond acceptors (Lipinski definition) is 3. The first-order chi connectivity index (χ1) is 8.18. The maximum Gasteiger partial charge on any atom is 0.410 e. The Morgan fingerprint density at radius 1 is 1.71 bits per heavy atom. The lowest BCUT2D eigenvalue weighted by Crippen LogP contribution is -2.32. The van der Waals surface area contributed by atoms with E-state index in [9.17, 15) is 4.79 Å². The number of aromatic amines is 1. The van der Waals surface area contributed by atoms with Crippen LogP contribution < -0.4 is 0 Å². The van der Waals surface area contributed by atoms with Gasteiger partial charge in [-0.15, -0.1) is 0 Å². The molecule has 1 atom stereocenters. The van der Waals surface area contributed by atoms with Crippen molar-refractivity contribution < 1.29 is 9.53 Å². The zero-order valence-corrected chi connectivity index (χ0v) is 10.3. The number of likely N-dealkylation sites (tertiary alicyclic amines) is 1. The Labute approximate surface area is 101 Å². The third-order valence-electron chi connectivity index (χ3n) is 2.86. The van der Waals surface area contributed by atoms with E-state index in [1.807, 2.05) is 13.8 Å². The second-order valence-electron chi connectivity index (χ2n) is 4.80. The van der Waals surface area contributed by atoms with Gasteiger partial charge in [0.25, 0.3) is 0 Å². The van der Waals surface area contributed by atoms with Crippen molar-refractivity contribution in [3.8, 4) is 0 Å². The molecule has 0 radical (unpaired) electrons. The molecule has 1 aromatic heterocycles. The van der Waals surface area contributed by atoms with Gasteiger partial charge in [-0.25, -0.2) is 9.78 Å². The van der Waals surface area contributed by atoms with Crippen molar-refractivity contribution in [1.29, 1.82) is 0 Å². The average Bonchev–Trinajstić information content (AvgIpc) is 2.94. The quantitative estimate of drug-likeness (QED) is 0.877. The second kappa shape index (κ2) is 5.21. The van der Waals surface area contributed by atoms with E-state index >= 15 is 0 Å². The lowest BCUT2D eigenvalue weighted by Gasteiger charge is -2.22. The number of aromatic nitrogens is 2. The first-order valence-corrected chi connectivity index (χ1v) is 6.11. The van der Waals surface area contributed by atoms with Crippen molar-refractivity contribution >= 4 is 6.09 Å². The van der Waals surface area contributed by atoms with Crippen LogP contribution in [0.3, 0.4) is 0 Å². The number of nitrogens with one attached hydrogen (secondary N) is 1. The molecule has 2 heterocycles. The van der Waals surface area contributed by atoms with Gasteiger partial charge < -0.3 is 9.72 Å². The normalized spacial score (nSPS) is 19.9. The summed E-state index contributed by atoms with van der Waals surface area (Å²) in [6, 6.07) is 0.0460. The molecule has 5 heteroatoms. The molecule has 94 valence electrons. The first-order valence-electron chi connectivity index (χ1n) is 6.11. The Hall–Kier alpha value is -1.52. The molecule has 1 fully saturated rings. The highest BCUT2D eigenvalue weighted by atomic mass is 16.6. The minimum atomic E-state index is -0.224. The number of carbonyl (C=O) groups is 1. The summed E-state index contributed by atoms with van der Waals surface area (Å²) in [7, 11) is 0. The summed E-state index contributed by atoms with van der Waals surface area (Å²) < 4.78 is 5.26. The summed E-state index contributed by atoms with van der Waals surface area (Å²) in [5.41, 5.74) is 0. The summed E-state index contributed by atoms with van der Waals surface area (Å²) in [5.74, 6) is 1.22. The van der Waals surface area contributed by atoms with Crippen LogP contribution in [0.5, 0.6) is 0 Å². The molecule has 1 saturated heterocycles.